The third kappa shape index (κ3) is 3.40. The molecule has 3 aromatic rings. The number of thiophene rings is 1. The number of nitrogens with zero attached hydrogens (tertiary/aromatic N) is 1. The molecular formula is C23H19N3O4S. The molecule has 0 fully saturated rings. The van der Waals surface area contributed by atoms with Gasteiger partial charge >= 0.3 is 0 Å². The summed E-state index contributed by atoms with van der Waals surface area (Å²) in [4.78, 5) is 37.3. The van der Waals surface area contributed by atoms with Gasteiger partial charge in [0, 0.05) is 34.0 Å². The van der Waals surface area contributed by atoms with E-state index < -0.39 is 10.8 Å². The van der Waals surface area contributed by atoms with Crippen LogP contribution in [0.5, 0.6) is 0 Å². The van der Waals surface area contributed by atoms with Crippen molar-refractivity contribution in [2.45, 2.75) is 19.8 Å². The molecule has 3 N–H and O–H groups in total. The van der Waals surface area contributed by atoms with Crippen LogP contribution in [0.15, 0.2) is 65.9 Å². The van der Waals surface area contributed by atoms with Crippen LogP contribution >= 0.6 is 11.3 Å². The summed E-state index contributed by atoms with van der Waals surface area (Å²) in [6.45, 7) is 3.17. The second-order valence-corrected chi connectivity index (χ2v) is 8.27. The zero-order valence-corrected chi connectivity index (χ0v) is 17.7. The van der Waals surface area contributed by atoms with Gasteiger partial charge in [-0.3, -0.25) is 19.7 Å². The van der Waals surface area contributed by atoms with Crippen LogP contribution < -0.4 is 11.1 Å². The normalized spacial score (nSPS) is 15.2. The number of nitrogens with two attached hydrogens (primary N) is 1. The molecule has 0 radical (unpaired) electrons. The molecule has 1 aliphatic rings. The van der Waals surface area contributed by atoms with E-state index in [1.54, 1.807) is 49.4 Å². The van der Waals surface area contributed by atoms with Gasteiger partial charge in [0.1, 0.15) is 4.88 Å². The molecule has 0 saturated heterocycles. The van der Waals surface area contributed by atoms with Crippen LogP contribution in [0, 0.1) is 10.1 Å². The maximum Gasteiger partial charge on any atom is 0.273 e. The Morgan fingerprint density at radius 1 is 1.10 bits per heavy atom. The molecule has 0 amide bonds. The van der Waals surface area contributed by atoms with E-state index in [2.05, 4.69) is 5.32 Å². The topological polar surface area (TPSA) is 115 Å². The van der Waals surface area contributed by atoms with E-state index in [1.165, 1.54) is 24.3 Å². The first kappa shape index (κ1) is 20.5. The Hall–Kier alpha value is -3.78. The van der Waals surface area contributed by atoms with E-state index in [-0.39, 0.29) is 22.9 Å². The number of fused-ring (bicyclic) bond motifs is 1. The number of hydrogen-bond donors (Lipinski definition) is 2. The van der Waals surface area contributed by atoms with Crippen LogP contribution in [-0.4, -0.2) is 16.5 Å². The highest BCUT2D eigenvalue weighted by Gasteiger charge is 2.38. The molecule has 0 bridgehead atoms. The molecule has 1 aliphatic heterocycles. The summed E-state index contributed by atoms with van der Waals surface area (Å²) in [7, 11) is 0. The molecular weight excluding hydrogens is 414 g/mol. The Labute approximate surface area is 182 Å². The average molecular weight is 433 g/mol. The van der Waals surface area contributed by atoms with Crippen molar-refractivity contribution in [1.29, 1.82) is 0 Å². The third-order valence-corrected chi connectivity index (χ3v) is 6.47. The SMILES string of the molecule is CC(=O)C1=C(C)Nc2sc(C(=O)c3ccccc3)c(N)c2C1c1ccccc1[N+](=O)[O-]. The minimum Gasteiger partial charge on any atom is -0.397 e. The second kappa shape index (κ2) is 7.81. The van der Waals surface area contributed by atoms with Gasteiger partial charge in [0.05, 0.1) is 21.5 Å². The summed E-state index contributed by atoms with van der Waals surface area (Å²) in [6.07, 6.45) is 0. The monoisotopic (exact) mass is 433 g/mol. The Morgan fingerprint density at radius 2 is 1.74 bits per heavy atom. The molecule has 2 heterocycles. The first-order chi connectivity index (χ1) is 14.8. The van der Waals surface area contributed by atoms with Gasteiger partial charge in [-0.1, -0.05) is 48.5 Å². The molecule has 156 valence electrons. The molecule has 2 aromatic carbocycles. The van der Waals surface area contributed by atoms with Gasteiger partial charge < -0.3 is 11.1 Å². The zero-order chi connectivity index (χ0) is 22.3. The van der Waals surface area contributed by atoms with Gasteiger partial charge in [0.15, 0.2) is 5.78 Å². The van der Waals surface area contributed by atoms with Crippen molar-refractivity contribution in [2.75, 3.05) is 11.1 Å². The maximum atomic E-state index is 13.1. The minimum absolute atomic E-state index is 0.103. The van der Waals surface area contributed by atoms with Crippen LogP contribution in [0.25, 0.3) is 0 Å². The van der Waals surface area contributed by atoms with E-state index in [9.17, 15) is 19.7 Å². The molecule has 1 unspecified atom stereocenters. The van der Waals surface area contributed by atoms with Crippen LogP contribution in [0.2, 0.25) is 0 Å². The lowest BCUT2D eigenvalue weighted by Gasteiger charge is -2.28. The van der Waals surface area contributed by atoms with Crippen molar-refractivity contribution in [1.82, 2.24) is 0 Å². The van der Waals surface area contributed by atoms with Crippen molar-refractivity contribution in [3.63, 3.8) is 0 Å². The Bertz CT molecular complexity index is 1260. The molecule has 1 aromatic heterocycles. The highest BCUT2D eigenvalue weighted by atomic mass is 32.1. The van der Waals surface area contributed by atoms with Gasteiger partial charge in [0.25, 0.3) is 5.69 Å². The molecule has 8 heteroatoms. The second-order valence-electron chi connectivity index (χ2n) is 7.25. The molecule has 4 rings (SSSR count). The standard InChI is InChI=1S/C23H19N3O4S/c1-12-17(13(2)27)18(15-10-6-7-11-16(15)26(29)30)19-20(24)22(31-23(19)25-12)21(28)14-8-4-3-5-9-14/h3-11,18,25H,24H2,1-2H3. The summed E-state index contributed by atoms with van der Waals surface area (Å²) in [6, 6.07) is 15.1. The fourth-order valence-corrected chi connectivity index (χ4v) is 5.18. The number of ketones is 2. The molecule has 7 nitrogen and oxygen atoms in total. The van der Waals surface area contributed by atoms with Crippen LogP contribution in [0.3, 0.4) is 0 Å². The van der Waals surface area contributed by atoms with E-state index in [0.717, 1.165) is 0 Å². The number of carbonyl (C=O) groups is 2. The van der Waals surface area contributed by atoms with E-state index >= 15 is 0 Å². The molecule has 0 spiro atoms. The number of hydrogen-bond acceptors (Lipinski definition) is 7. The Balaban J connectivity index is 1.96. The smallest absolute Gasteiger partial charge is 0.273 e. The number of rotatable bonds is 5. The lowest BCUT2D eigenvalue weighted by molar-refractivity contribution is -0.385. The van der Waals surface area contributed by atoms with Crippen molar-refractivity contribution < 1.29 is 14.5 Å². The first-order valence-corrected chi connectivity index (χ1v) is 10.4. The molecule has 1 atom stereocenters. The first-order valence-electron chi connectivity index (χ1n) is 9.55. The van der Waals surface area contributed by atoms with E-state index in [4.69, 9.17) is 5.73 Å². The number of anilines is 2. The Kier molecular flexibility index (Phi) is 5.16. The number of nitrogens with one attached hydrogen (secondary N) is 1. The largest absolute Gasteiger partial charge is 0.397 e. The number of Topliss-reactive ketones (excluding diaryl/α,β-unsaturated/α-hetero) is 1. The van der Waals surface area contributed by atoms with Gasteiger partial charge in [0.2, 0.25) is 5.78 Å². The van der Waals surface area contributed by atoms with Gasteiger partial charge in [-0.05, 0) is 13.8 Å². The molecule has 0 aliphatic carbocycles. The summed E-state index contributed by atoms with van der Waals surface area (Å²) in [5, 5.41) is 15.5. The van der Waals surface area contributed by atoms with E-state index in [0.29, 0.717) is 37.8 Å². The average Bonchev–Trinajstić information content (AvgIpc) is 3.08. The summed E-state index contributed by atoms with van der Waals surface area (Å²) in [5.74, 6) is -1.20. The van der Waals surface area contributed by atoms with E-state index in [1.807, 2.05) is 6.07 Å². The van der Waals surface area contributed by atoms with Crippen LogP contribution in [-0.2, 0) is 4.79 Å². The molecule has 0 saturated carbocycles. The summed E-state index contributed by atoms with van der Waals surface area (Å²) in [5.41, 5.74) is 8.96. The number of para-hydroxylation sites is 1. The number of nitro groups is 1. The molecule has 31 heavy (non-hydrogen) atoms. The fourth-order valence-electron chi connectivity index (χ4n) is 4.00. The maximum absolute atomic E-state index is 13.1. The summed E-state index contributed by atoms with van der Waals surface area (Å²) >= 11 is 1.19. The fraction of sp³-hybridized carbons (Fsp3) is 0.130. The number of allylic oxidation sites excluding steroid dienone is 2. The predicted octanol–water partition coefficient (Wildman–Crippen LogP) is 4.89. The van der Waals surface area contributed by atoms with Gasteiger partial charge in [-0.25, -0.2) is 0 Å². The highest BCUT2D eigenvalue weighted by molar-refractivity contribution is 7.19. The number of benzene rings is 2. The third-order valence-electron chi connectivity index (χ3n) is 5.33. The Morgan fingerprint density at radius 3 is 2.39 bits per heavy atom. The van der Waals surface area contributed by atoms with Crippen molar-refractivity contribution in [2.24, 2.45) is 0 Å². The summed E-state index contributed by atoms with van der Waals surface area (Å²) < 4.78 is 0. The van der Waals surface area contributed by atoms with Crippen LogP contribution in [0.4, 0.5) is 16.4 Å². The van der Waals surface area contributed by atoms with Gasteiger partial charge in [-0.2, -0.15) is 0 Å². The van der Waals surface area contributed by atoms with Crippen molar-refractivity contribution in [3.8, 4) is 0 Å². The van der Waals surface area contributed by atoms with Gasteiger partial charge in [-0.15, -0.1) is 11.3 Å². The zero-order valence-electron chi connectivity index (χ0n) is 16.8. The highest BCUT2D eigenvalue weighted by Crippen LogP contribution is 2.51. The van der Waals surface area contributed by atoms with Crippen molar-refractivity contribution in [3.05, 3.63) is 97.5 Å². The lowest BCUT2D eigenvalue weighted by atomic mass is 9.79. The number of nitrogen functional groups attached to an aromatic ring is 1. The lowest BCUT2D eigenvalue weighted by Crippen LogP contribution is -2.22. The quantitative estimate of drug-likeness (QED) is 0.336. The van der Waals surface area contributed by atoms with Crippen molar-refractivity contribution >= 4 is 39.3 Å². The van der Waals surface area contributed by atoms with Crippen LogP contribution in [0.1, 0.15) is 46.1 Å². The minimum atomic E-state index is -0.746. The predicted molar refractivity (Wildman–Crippen MR) is 121 cm³/mol. The number of nitro benzene ring substituents is 1. The number of carbonyl (C=O) groups excluding carboxylic acids is 2.